The van der Waals surface area contributed by atoms with E-state index < -0.39 is 0 Å². The molecule has 1 aliphatic carbocycles. The van der Waals surface area contributed by atoms with E-state index >= 15 is 0 Å². The Morgan fingerprint density at radius 2 is 1.49 bits per heavy atom. The van der Waals surface area contributed by atoms with Crippen LogP contribution in [0.1, 0.15) is 30.5 Å². The van der Waals surface area contributed by atoms with Gasteiger partial charge in [0.05, 0.1) is 0 Å². The van der Waals surface area contributed by atoms with Crippen LogP contribution < -0.4 is 0 Å². The van der Waals surface area contributed by atoms with Crippen LogP contribution in [0.2, 0.25) is 0 Å². The van der Waals surface area contributed by atoms with Gasteiger partial charge in [-0.2, -0.15) is 11.6 Å². The quantitative estimate of drug-likeness (QED) is 0.195. The largest absolute Gasteiger partial charge is 0.320 e. The van der Waals surface area contributed by atoms with Crippen molar-refractivity contribution in [1.29, 1.82) is 0 Å². The van der Waals surface area contributed by atoms with Crippen molar-refractivity contribution in [3.05, 3.63) is 126 Å². The summed E-state index contributed by atoms with van der Waals surface area (Å²) in [5.41, 5.74) is 10.4. The molecule has 6 rings (SSSR count). The van der Waals surface area contributed by atoms with E-state index in [0.717, 1.165) is 22.5 Å². The molecule has 0 atom stereocenters. The van der Waals surface area contributed by atoms with Gasteiger partial charge in [-0.3, -0.25) is 4.98 Å². The molecule has 3 heterocycles. The summed E-state index contributed by atoms with van der Waals surface area (Å²) in [7, 11) is 0. The Hall–Kier alpha value is -3.46. The normalized spacial score (nSPS) is 12.4. The zero-order valence-electron chi connectivity index (χ0n) is 19.9. The summed E-state index contributed by atoms with van der Waals surface area (Å²) in [5, 5.41) is 0. The average Bonchev–Trinajstić information content (AvgIpc) is 3.12. The van der Waals surface area contributed by atoms with Gasteiger partial charge < -0.3 is 9.97 Å². The van der Waals surface area contributed by atoms with Crippen molar-refractivity contribution in [2.45, 2.75) is 26.2 Å². The molecule has 3 aromatic heterocycles. The number of rotatable bonds is 2. The Balaban J connectivity index is 0.000000179. The smallest absolute Gasteiger partial charge is 0.0206 e. The second-order valence-electron chi connectivity index (χ2n) is 8.93. The van der Waals surface area contributed by atoms with E-state index in [-0.39, 0.29) is 25.5 Å². The Kier molecular flexibility index (Phi) is 7.35. The van der Waals surface area contributed by atoms with E-state index in [1.54, 1.807) is 12.4 Å². The molecule has 175 valence electrons. The third-order valence-electron chi connectivity index (χ3n) is 6.26. The van der Waals surface area contributed by atoms with Gasteiger partial charge in [-0.1, -0.05) is 56.3 Å². The first-order valence-electron chi connectivity index (χ1n) is 11.4. The van der Waals surface area contributed by atoms with E-state index in [1.165, 1.54) is 27.8 Å². The molecule has 0 fully saturated rings. The molecule has 0 amide bonds. The van der Waals surface area contributed by atoms with Crippen molar-refractivity contribution in [3.63, 3.8) is 0 Å². The van der Waals surface area contributed by atoms with Crippen LogP contribution in [0, 0.1) is 19.1 Å². The minimum absolute atomic E-state index is 0. The van der Waals surface area contributed by atoms with Gasteiger partial charge in [0.25, 0.3) is 0 Å². The fourth-order valence-corrected chi connectivity index (χ4v) is 4.40. The predicted octanol–water partition coefficient (Wildman–Crippen LogP) is 7.10. The molecule has 1 aliphatic rings. The summed E-state index contributed by atoms with van der Waals surface area (Å²) in [6.45, 7) is 6.58. The first kappa shape index (κ1) is 24.7. The maximum absolute atomic E-state index is 4.63. The monoisotopic (exact) mass is 632 g/mol. The summed E-state index contributed by atoms with van der Waals surface area (Å²) in [6, 6.07) is 31.0. The van der Waals surface area contributed by atoms with Gasteiger partial charge in [0, 0.05) is 43.5 Å². The number of hydrogen-bond donors (Lipinski definition) is 0. The van der Waals surface area contributed by atoms with Gasteiger partial charge in [0.15, 0.2) is 0 Å². The van der Waals surface area contributed by atoms with Gasteiger partial charge in [-0.25, -0.2) is 0 Å². The van der Waals surface area contributed by atoms with Crippen molar-refractivity contribution in [2.24, 2.45) is 0 Å². The first-order chi connectivity index (χ1) is 16.5. The van der Waals surface area contributed by atoms with Crippen LogP contribution in [-0.2, 0) is 25.5 Å². The molecule has 0 N–H and O–H groups in total. The van der Waals surface area contributed by atoms with Gasteiger partial charge >= 0.3 is 0 Å². The molecular formula is C31H25IrN3-2. The second-order valence-corrected chi connectivity index (χ2v) is 8.93. The number of aryl methyl sites for hydroxylation is 1. The molecule has 2 aromatic carbocycles. The van der Waals surface area contributed by atoms with Crippen LogP contribution in [0.25, 0.3) is 33.6 Å². The maximum Gasteiger partial charge on any atom is 0.0206 e. The number of aromatic nitrogens is 3. The SMILES string of the molecule is CC1(C)c2ccccc2-c2cnc(-c3[c-]cncc3)cc21.Cc1ccc(-c2[c-]cccc2)nc1.[Ir]. The molecule has 5 aromatic rings. The maximum atomic E-state index is 4.63. The molecule has 0 spiro atoms. The van der Waals surface area contributed by atoms with Crippen molar-refractivity contribution < 1.29 is 20.1 Å². The van der Waals surface area contributed by atoms with Crippen molar-refractivity contribution in [1.82, 2.24) is 15.0 Å². The Morgan fingerprint density at radius 3 is 2.20 bits per heavy atom. The Labute approximate surface area is 220 Å². The number of fused-ring (bicyclic) bond motifs is 3. The topological polar surface area (TPSA) is 38.7 Å². The summed E-state index contributed by atoms with van der Waals surface area (Å²) in [4.78, 5) is 13.0. The van der Waals surface area contributed by atoms with Crippen LogP contribution in [0.3, 0.4) is 0 Å². The van der Waals surface area contributed by atoms with E-state index in [0.29, 0.717) is 0 Å². The van der Waals surface area contributed by atoms with Crippen molar-refractivity contribution in [3.8, 4) is 33.6 Å². The van der Waals surface area contributed by atoms with Crippen LogP contribution >= 0.6 is 0 Å². The van der Waals surface area contributed by atoms with E-state index in [4.69, 9.17) is 0 Å². The second kappa shape index (κ2) is 10.4. The van der Waals surface area contributed by atoms with Gasteiger partial charge in [-0.15, -0.1) is 42.0 Å². The van der Waals surface area contributed by atoms with E-state index in [2.05, 4.69) is 77.3 Å². The number of pyridine rings is 3. The fourth-order valence-electron chi connectivity index (χ4n) is 4.40. The zero-order valence-corrected chi connectivity index (χ0v) is 22.3. The van der Waals surface area contributed by atoms with Crippen molar-refractivity contribution in [2.75, 3.05) is 0 Å². The predicted molar refractivity (Wildman–Crippen MR) is 137 cm³/mol. The third kappa shape index (κ3) is 5.00. The number of hydrogen-bond acceptors (Lipinski definition) is 3. The molecule has 0 saturated carbocycles. The standard InChI is InChI=1S/C19H15N2.C12H10N.Ir/c1-19(2)16-6-4-3-5-14(16)15-12-21-18(11-17(15)19)13-7-9-20-10-8-13;1-10-7-8-12(13-9-10)11-5-3-2-4-6-11;/h3-7,9-12H,1-2H3;2-5,7-9H,1H3;/q2*-1;. The minimum Gasteiger partial charge on any atom is -0.320 e. The first-order valence-corrected chi connectivity index (χ1v) is 11.4. The molecule has 0 saturated heterocycles. The molecular weight excluding hydrogens is 607 g/mol. The Morgan fingerprint density at radius 1 is 0.714 bits per heavy atom. The molecule has 0 aliphatic heterocycles. The van der Waals surface area contributed by atoms with Gasteiger partial charge in [0.1, 0.15) is 0 Å². The number of benzene rings is 2. The van der Waals surface area contributed by atoms with Crippen LogP contribution in [0.15, 0.2) is 97.6 Å². The molecule has 3 nitrogen and oxygen atoms in total. The molecule has 0 bridgehead atoms. The molecule has 1 radical (unpaired) electrons. The molecule has 4 heteroatoms. The fraction of sp³-hybridized carbons (Fsp3) is 0.129. The van der Waals surface area contributed by atoms with Crippen molar-refractivity contribution >= 4 is 0 Å². The number of nitrogens with zero attached hydrogens (tertiary/aromatic N) is 3. The summed E-state index contributed by atoms with van der Waals surface area (Å²) in [6.07, 6.45) is 7.33. The average molecular weight is 632 g/mol. The molecule has 35 heavy (non-hydrogen) atoms. The Bertz CT molecular complexity index is 1410. The zero-order chi connectivity index (χ0) is 23.5. The summed E-state index contributed by atoms with van der Waals surface area (Å²) in [5.74, 6) is 0. The van der Waals surface area contributed by atoms with Crippen LogP contribution in [0.4, 0.5) is 0 Å². The molecule has 0 unspecified atom stereocenters. The van der Waals surface area contributed by atoms with Crippen LogP contribution in [0.5, 0.6) is 0 Å². The van der Waals surface area contributed by atoms with Gasteiger partial charge in [-0.05, 0) is 53.0 Å². The summed E-state index contributed by atoms with van der Waals surface area (Å²) < 4.78 is 0. The summed E-state index contributed by atoms with van der Waals surface area (Å²) >= 11 is 0. The van der Waals surface area contributed by atoms with Gasteiger partial charge in [0.2, 0.25) is 0 Å². The third-order valence-corrected chi connectivity index (χ3v) is 6.26. The minimum atomic E-state index is 0. The van der Waals surface area contributed by atoms with Crippen LogP contribution in [-0.4, -0.2) is 15.0 Å². The van der Waals surface area contributed by atoms with E-state index in [9.17, 15) is 0 Å². The van der Waals surface area contributed by atoms with E-state index in [1.807, 2.05) is 55.7 Å².